The van der Waals surface area contributed by atoms with Gasteiger partial charge in [-0.1, -0.05) is 29.8 Å². The Bertz CT molecular complexity index is 1440. The van der Waals surface area contributed by atoms with Crippen molar-refractivity contribution in [2.45, 2.75) is 76.7 Å². The van der Waals surface area contributed by atoms with Crippen molar-refractivity contribution in [3.8, 4) is 0 Å². The van der Waals surface area contributed by atoms with Crippen LogP contribution in [0.15, 0.2) is 42.5 Å². The van der Waals surface area contributed by atoms with Crippen molar-refractivity contribution in [2.24, 2.45) is 0 Å². The van der Waals surface area contributed by atoms with E-state index in [1.165, 1.54) is 0 Å². The molecule has 40 heavy (non-hydrogen) atoms. The number of benzene rings is 2. The first-order chi connectivity index (χ1) is 18.8. The molecule has 0 atom stereocenters. The van der Waals surface area contributed by atoms with Gasteiger partial charge in [0.1, 0.15) is 11.4 Å². The molecule has 0 radical (unpaired) electrons. The summed E-state index contributed by atoms with van der Waals surface area (Å²) in [6, 6.07) is 12.7. The second-order valence-corrected chi connectivity index (χ2v) is 11.9. The zero-order chi connectivity index (χ0) is 28.9. The number of likely N-dealkylation sites (tertiary alicyclic amines) is 1. The minimum Gasteiger partial charge on any atom is -0.444 e. The highest BCUT2D eigenvalue weighted by Crippen LogP contribution is 2.48. The van der Waals surface area contributed by atoms with Crippen LogP contribution in [-0.4, -0.2) is 51.3 Å². The number of amides is 2. The molecule has 0 saturated carbocycles. The number of para-hydroxylation sites is 1. The van der Waals surface area contributed by atoms with Gasteiger partial charge >= 0.3 is 12.3 Å². The van der Waals surface area contributed by atoms with Gasteiger partial charge in [0, 0.05) is 36.8 Å². The Morgan fingerprint density at radius 1 is 1.10 bits per heavy atom. The number of carbonyl (C=O) groups is 2. The van der Waals surface area contributed by atoms with Crippen molar-refractivity contribution in [2.75, 3.05) is 18.0 Å². The van der Waals surface area contributed by atoms with Crippen LogP contribution in [0.3, 0.4) is 0 Å². The molecule has 1 spiro atoms. The van der Waals surface area contributed by atoms with E-state index in [1.54, 1.807) is 32.6 Å². The highest BCUT2D eigenvalue weighted by molar-refractivity contribution is 6.31. The van der Waals surface area contributed by atoms with Gasteiger partial charge in [0.05, 0.1) is 23.0 Å². The zero-order valence-corrected chi connectivity index (χ0v) is 23.5. The molecule has 0 N–H and O–H groups in total. The van der Waals surface area contributed by atoms with Crippen LogP contribution in [0.4, 0.5) is 23.7 Å². The number of alkyl halides is 3. The second kappa shape index (κ2) is 10.3. The lowest BCUT2D eigenvalue weighted by molar-refractivity contribution is -0.135. The molecule has 1 aromatic heterocycles. The maximum Gasteiger partial charge on any atom is 0.410 e. The summed E-state index contributed by atoms with van der Waals surface area (Å²) in [6.07, 6.45) is -4.80. The molecule has 3 heterocycles. The van der Waals surface area contributed by atoms with Crippen LogP contribution < -0.4 is 4.90 Å². The molecular weight excluding hydrogens is 545 g/mol. The number of hydrogen-bond acceptors (Lipinski definition) is 4. The fourth-order valence-electron chi connectivity index (χ4n) is 5.74. The molecule has 7 nitrogen and oxygen atoms in total. The molecule has 2 aromatic carbocycles. The number of rotatable bonds is 5. The average molecular weight is 577 g/mol. The third-order valence-electron chi connectivity index (χ3n) is 7.56. The lowest BCUT2D eigenvalue weighted by atomic mass is 9.74. The van der Waals surface area contributed by atoms with Crippen LogP contribution in [0, 0.1) is 0 Å². The SMILES string of the molecule is CC(C)(C)OC(=O)N1CCC2(CC1)C(=O)N(Cc1nc3cc(Cl)ccc3n1CCCC(F)(F)F)c1ccccc12. The summed E-state index contributed by atoms with van der Waals surface area (Å²) < 4.78 is 46.1. The van der Waals surface area contributed by atoms with Gasteiger partial charge < -0.3 is 19.1 Å². The molecule has 0 bridgehead atoms. The van der Waals surface area contributed by atoms with E-state index in [4.69, 9.17) is 21.3 Å². The van der Waals surface area contributed by atoms with Crippen molar-refractivity contribution in [3.05, 3.63) is 58.9 Å². The zero-order valence-electron chi connectivity index (χ0n) is 22.7. The Balaban J connectivity index is 1.43. The number of piperidine rings is 1. The third kappa shape index (κ3) is 5.50. The quantitative estimate of drug-likeness (QED) is 0.333. The monoisotopic (exact) mass is 576 g/mol. The first-order valence-electron chi connectivity index (χ1n) is 13.4. The van der Waals surface area contributed by atoms with Gasteiger partial charge in [-0.3, -0.25) is 4.79 Å². The number of imidazole rings is 1. The number of nitrogens with zero attached hydrogens (tertiary/aromatic N) is 4. The van der Waals surface area contributed by atoms with Gasteiger partial charge in [0.15, 0.2) is 0 Å². The average Bonchev–Trinajstić information content (AvgIpc) is 3.31. The smallest absolute Gasteiger partial charge is 0.410 e. The van der Waals surface area contributed by atoms with Crippen molar-refractivity contribution < 1.29 is 27.5 Å². The normalized spacial score (nSPS) is 17.1. The maximum atomic E-state index is 14.2. The van der Waals surface area contributed by atoms with Crippen LogP contribution in [-0.2, 0) is 28.0 Å². The minimum atomic E-state index is -4.26. The van der Waals surface area contributed by atoms with Crippen LogP contribution in [0.25, 0.3) is 11.0 Å². The van der Waals surface area contributed by atoms with Crippen molar-refractivity contribution >= 4 is 40.3 Å². The number of ether oxygens (including phenoxy) is 1. The molecule has 2 aliphatic heterocycles. The molecular formula is C29H32ClF3N4O3. The topological polar surface area (TPSA) is 67.7 Å². The number of halogens is 4. The maximum absolute atomic E-state index is 14.2. The largest absolute Gasteiger partial charge is 0.444 e. The molecule has 1 saturated heterocycles. The summed E-state index contributed by atoms with van der Waals surface area (Å²) >= 11 is 6.17. The van der Waals surface area contributed by atoms with E-state index in [0.717, 1.165) is 11.3 Å². The molecule has 5 rings (SSSR count). The van der Waals surface area contributed by atoms with E-state index in [2.05, 4.69) is 0 Å². The van der Waals surface area contributed by atoms with Crippen LogP contribution >= 0.6 is 11.6 Å². The predicted octanol–water partition coefficient (Wildman–Crippen LogP) is 6.85. The number of aryl methyl sites for hydroxylation is 1. The predicted molar refractivity (Wildman–Crippen MR) is 146 cm³/mol. The fraction of sp³-hybridized carbons (Fsp3) is 0.483. The fourth-order valence-corrected chi connectivity index (χ4v) is 5.90. The van der Waals surface area contributed by atoms with Gasteiger partial charge in [-0.05, 0) is 69.9 Å². The Hall–Kier alpha value is -3.27. The summed E-state index contributed by atoms with van der Waals surface area (Å²) in [5.74, 6) is 0.398. The minimum absolute atomic E-state index is 0.0931. The van der Waals surface area contributed by atoms with Gasteiger partial charge in [-0.2, -0.15) is 13.2 Å². The van der Waals surface area contributed by atoms with Crippen LogP contribution in [0.1, 0.15) is 57.8 Å². The molecule has 0 aliphatic carbocycles. The number of carbonyl (C=O) groups excluding carboxylic acids is 2. The molecule has 2 aliphatic rings. The molecule has 3 aromatic rings. The highest BCUT2D eigenvalue weighted by Gasteiger charge is 2.52. The number of aromatic nitrogens is 2. The van der Waals surface area contributed by atoms with E-state index in [-0.39, 0.29) is 25.4 Å². The van der Waals surface area contributed by atoms with Gasteiger partial charge in [-0.15, -0.1) is 0 Å². The number of fused-ring (bicyclic) bond motifs is 3. The molecule has 2 amide bonds. The first-order valence-corrected chi connectivity index (χ1v) is 13.8. The standard InChI is InChI=1S/C29H32ClF3N4O3/c1-27(2,3)40-26(39)35-15-12-28(13-16-35)20-7-4-5-8-22(20)37(25(28)38)18-24-34-21-17-19(30)9-10-23(21)36(24)14-6-11-29(31,32)33/h4-5,7-10,17H,6,11-16,18H2,1-3H3. The van der Waals surface area contributed by atoms with Crippen molar-refractivity contribution in [1.82, 2.24) is 14.5 Å². The number of hydrogen-bond donors (Lipinski definition) is 0. The van der Waals surface area contributed by atoms with Crippen LogP contribution in [0.5, 0.6) is 0 Å². The van der Waals surface area contributed by atoms with Crippen molar-refractivity contribution in [1.29, 1.82) is 0 Å². The molecule has 1 fully saturated rings. The Morgan fingerprint density at radius 2 is 1.80 bits per heavy atom. The summed E-state index contributed by atoms with van der Waals surface area (Å²) in [6.45, 7) is 6.40. The summed E-state index contributed by atoms with van der Waals surface area (Å²) in [5.41, 5.74) is 1.47. The molecule has 214 valence electrons. The van der Waals surface area contributed by atoms with E-state index in [1.807, 2.05) is 45.0 Å². The van der Waals surface area contributed by atoms with Crippen molar-refractivity contribution in [3.63, 3.8) is 0 Å². The summed E-state index contributed by atoms with van der Waals surface area (Å²) in [5, 5.41) is 0.470. The van der Waals surface area contributed by atoms with E-state index in [9.17, 15) is 22.8 Å². The summed E-state index contributed by atoms with van der Waals surface area (Å²) in [7, 11) is 0. The second-order valence-electron chi connectivity index (χ2n) is 11.5. The van der Waals surface area contributed by atoms with E-state index in [0.29, 0.717) is 47.8 Å². The highest BCUT2D eigenvalue weighted by atomic mass is 35.5. The molecule has 11 heteroatoms. The van der Waals surface area contributed by atoms with Gasteiger partial charge in [0.25, 0.3) is 0 Å². The number of anilines is 1. The van der Waals surface area contributed by atoms with Crippen LogP contribution in [0.2, 0.25) is 5.02 Å². The first kappa shape index (κ1) is 28.3. The Labute approximate surface area is 235 Å². The van der Waals surface area contributed by atoms with E-state index < -0.39 is 29.7 Å². The Morgan fingerprint density at radius 3 is 2.48 bits per heavy atom. The Kier molecular flexibility index (Phi) is 7.27. The lowest BCUT2D eigenvalue weighted by Crippen LogP contribution is -2.51. The van der Waals surface area contributed by atoms with E-state index >= 15 is 0 Å². The summed E-state index contributed by atoms with van der Waals surface area (Å²) in [4.78, 5) is 34.8. The lowest BCUT2D eigenvalue weighted by Gasteiger charge is -2.38. The van der Waals surface area contributed by atoms with Gasteiger partial charge in [-0.25, -0.2) is 9.78 Å². The van der Waals surface area contributed by atoms with Gasteiger partial charge in [0.2, 0.25) is 5.91 Å². The third-order valence-corrected chi connectivity index (χ3v) is 7.80. The molecule has 0 unspecified atom stereocenters.